The van der Waals surface area contributed by atoms with Crippen molar-refractivity contribution in [2.75, 3.05) is 5.32 Å². The van der Waals surface area contributed by atoms with Gasteiger partial charge >= 0.3 is 12.1 Å². The number of nitriles is 1. The van der Waals surface area contributed by atoms with Crippen LogP contribution in [0.3, 0.4) is 0 Å². The molecule has 1 atom stereocenters. The number of anilines is 1. The topological polar surface area (TPSA) is 130 Å². The van der Waals surface area contributed by atoms with Gasteiger partial charge in [-0.2, -0.15) is 5.26 Å². The molecule has 9 heteroatoms. The molecule has 0 radical (unpaired) electrons. The van der Waals surface area contributed by atoms with Crippen LogP contribution in [0.5, 0.6) is 0 Å². The van der Waals surface area contributed by atoms with Crippen LogP contribution in [-0.4, -0.2) is 38.0 Å². The standard InChI is InChI=1S/C19H19N5O4/c20-8-16-21-10-24(23-16)9-15(18(25)26)28-19(27)22-17-13-5-1-3-11(13)7-12-4-2-6-14(12)17/h7,10,15H,1-6,9H2,(H,22,27)(H,25,26). The van der Waals surface area contributed by atoms with E-state index in [1.807, 2.05) is 0 Å². The second-order valence-corrected chi connectivity index (χ2v) is 6.99. The van der Waals surface area contributed by atoms with E-state index in [1.54, 1.807) is 6.07 Å². The van der Waals surface area contributed by atoms with Gasteiger partial charge in [0.05, 0.1) is 12.2 Å². The first-order valence-corrected chi connectivity index (χ1v) is 9.21. The number of carboxylic acids is 1. The summed E-state index contributed by atoms with van der Waals surface area (Å²) in [6.07, 6.45) is 4.87. The predicted octanol–water partition coefficient (Wildman–Crippen LogP) is 1.83. The van der Waals surface area contributed by atoms with Crippen molar-refractivity contribution in [3.63, 3.8) is 0 Å². The number of aromatic nitrogens is 3. The van der Waals surface area contributed by atoms with Crippen LogP contribution >= 0.6 is 0 Å². The molecule has 2 aliphatic rings. The molecule has 0 aliphatic heterocycles. The van der Waals surface area contributed by atoms with E-state index in [0.717, 1.165) is 55.3 Å². The third kappa shape index (κ3) is 3.41. The van der Waals surface area contributed by atoms with Crippen LogP contribution in [0.15, 0.2) is 12.4 Å². The second-order valence-electron chi connectivity index (χ2n) is 6.99. The number of fused-ring (bicyclic) bond motifs is 2. The first-order chi connectivity index (χ1) is 13.5. The zero-order chi connectivity index (χ0) is 19.7. The molecule has 0 saturated carbocycles. The van der Waals surface area contributed by atoms with Crippen LogP contribution in [0.1, 0.15) is 40.9 Å². The van der Waals surface area contributed by atoms with E-state index < -0.39 is 18.2 Å². The van der Waals surface area contributed by atoms with Gasteiger partial charge in [-0.3, -0.25) is 5.32 Å². The van der Waals surface area contributed by atoms with Crippen LogP contribution < -0.4 is 5.32 Å². The highest BCUT2D eigenvalue weighted by molar-refractivity contribution is 5.90. The lowest BCUT2D eigenvalue weighted by Crippen LogP contribution is -2.33. The number of amides is 1. The molecule has 4 rings (SSSR count). The number of hydrogen-bond acceptors (Lipinski definition) is 6. The molecule has 2 aromatic rings. The highest BCUT2D eigenvalue weighted by Gasteiger charge is 2.28. The normalized spacial score (nSPS) is 15.4. The zero-order valence-electron chi connectivity index (χ0n) is 15.1. The molecule has 2 N–H and O–H groups in total. The number of hydrogen-bond donors (Lipinski definition) is 2. The zero-order valence-corrected chi connectivity index (χ0v) is 15.1. The Hall–Kier alpha value is -3.41. The van der Waals surface area contributed by atoms with Gasteiger partial charge < -0.3 is 9.84 Å². The molecule has 1 amide bonds. The maximum absolute atomic E-state index is 12.5. The highest BCUT2D eigenvalue weighted by atomic mass is 16.6. The minimum absolute atomic E-state index is 0.0796. The van der Waals surface area contributed by atoms with Crippen molar-refractivity contribution in [3.05, 3.63) is 40.5 Å². The fourth-order valence-corrected chi connectivity index (χ4v) is 4.00. The average Bonchev–Trinajstić information content (AvgIpc) is 3.40. The van der Waals surface area contributed by atoms with E-state index in [0.29, 0.717) is 0 Å². The molecule has 0 saturated heterocycles. The minimum atomic E-state index is -1.45. The van der Waals surface area contributed by atoms with E-state index in [9.17, 15) is 14.7 Å². The molecule has 1 aromatic heterocycles. The molecule has 0 bridgehead atoms. The molecule has 9 nitrogen and oxygen atoms in total. The summed E-state index contributed by atoms with van der Waals surface area (Å²) in [6, 6.07) is 4.01. The number of benzene rings is 1. The number of rotatable bonds is 5. The van der Waals surface area contributed by atoms with Crippen LogP contribution in [-0.2, 0) is 41.8 Å². The van der Waals surface area contributed by atoms with Crippen LogP contribution in [0.25, 0.3) is 0 Å². The Morgan fingerprint density at radius 1 is 1.25 bits per heavy atom. The fraction of sp³-hybridized carbons (Fsp3) is 0.421. The molecule has 0 fully saturated rings. The highest BCUT2D eigenvalue weighted by Crippen LogP contribution is 2.38. The smallest absolute Gasteiger partial charge is 0.412 e. The Balaban J connectivity index is 1.50. The largest absolute Gasteiger partial charge is 0.478 e. The van der Waals surface area contributed by atoms with Crippen molar-refractivity contribution in [2.24, 2.45) is 0 Å². The Labute approximate surface area is 160 Å². The van der Waals surface area contributed by atoms with Crippen molar-refractivity contribution in [1.82, 2.24) is 14.8 Å². The van der Waals surface area contributed by atoms with E-state index in [2.05, 4.69) is 21.5 Å². The number of aryl methyl sites for hydroxylation is 2. The van der Waals surface area contributed by atoms with E-state index in [4.69, 9.17) is 10.00 Å². The van der Waals surface area contributed by atoms with Gasteiger partial charge in [0.1, 0.15) is 12.4 Å². The Morgan fingerprint density at radius 2 is 1.93 bits per heavy atom. The number of nitrogens with one attached hydrogen (secondary N) is 1. The van der Waals surface area contributed by atoms with Crippen molar-refractivity contribution in [3.8, 4) is 6.07 Å². The van der Waals surface area contributed by atoms with Gasteiger partial charge in [-0.15, -0.1) is 5.10 Å². The van der Waals surface area contributed by atoms with Crippen LogP contribution in [0, 0.1) is 11.3 Å². The van der Waals surface area contributed by atoms with Gasteiger partial charge in [0.15, 0.2) is 0 Å². The monoisotopic (exact) mass is 381 g/mol. The van der Waals surface area contributed by atoms with Gasteiger partial charge in [0.2, 0.25) is 6.10 Å². The SMILES string of the molecule is N#Cc1ncn(CC(OC(=O)Nc2c3c(cc4c2CCC4)CCC3)C(=O)O)n1. The maximum atomic E-state index is 12.5. The van der Waals surface area contributed by atoms with Gasteiger partial charge in [0, 0.05) is 0 Å². The summed E-state index contributed by atoms with van der Waals surface area (Å²) in [6.45, 7) is -0.234. The van der Waals surface area contributed by atoms with Gasteiger partial charge in [-0.05, 0) is 60.8 Å². The summed E-state index contributed by atoms with van der Waals surface area (Å²) in [4.78, 5) is 27.7. The van der Waals surface area contributed by atoms with E-state index in [-0.39, 0.29) is 12.4 Å². The molecule has 2 aliphatic carbocycles. The van der Waals surface area contributed by atoms with E-state index >= 15 is 0 Å². The van der Waals surface area contributed by atoms with Gasteiger partial charge in [0.25, 0.3) is 5.82 Å². The van der Waals surface area contributed by atoms with Gasteiger partial charge in [-0.1, -0.05) is 6.07 Å². The lowest BCUT2D eigenvalue weighted by atomic mass is 9.99. The quantitative estimate of drug-likeness (QED) is 0.808. The lowest BCUT2D eigenvalue weighted by molar-refractivity contribution is -0.147. The third-order valence-electron chi connectivity index (χ3n) is 5.21. The summed E-state index contributed by atoms with van der Waals surface area (Å²) in [5.74, 6) is -1.38. The predicted molar refractivity (Wildman–Crippen MR) is 96.8 cm³/mol. The summed E-state index contributed by atoms with van der Waals surface area (Å²) < 4.78 is 6.33. The summed E-state index contributed by atoms with van der Waals surface area (Å²) in [7, 11) is 0. The first kappa shape index (κ1) is 18.0. The van der Waals surface area contributed by atoms with Crippen molar-refractivity contribution in [2.45, 2.75) is 51.2 Å². The number of ether oxygens (including phenoxy) is 1. The molecule has 0 spiro atoms. The maximum Gasteiger partial charge on any atom is 0.412 e. The summed E-state index contributed by atoms with van der Waals surface area (Å²) >= 11 is 0. The number of carboxylic acid groups (broad SMARTS) is 1. The van der Waals surface area contributed by atoms with Crippen molar-refractivity contribution >= 4 is 17.7 Å². The van der Waals surface area contributed by atoms with Crippen LogP contribution in [0.4, 0.5) is 10.5 Å². The summed E-state index contributed by atoms with van der Waals surface area (Å²) in [5, 5.41) is 24.8. The third-order valence-corrected chi connectivity index (χ3v) is 5.21. The van der Waals surface area contributed by atoms with Gasteiger partial charge in [-0.25, -0.2) is 19.3 Å². The Bertz CT molecular complexity index is 959. The summed E-state index contributed by atoms with van der Waals surface area (Å²) in [5.41, 5.74) is 5.60. The molecular weight excluding hydrogens is 362 g/mol. The number of aliphatic carboxylic acids is 1. The molecule has 28 heavy (non-hydrogen) atoms. The second kappa shape index (κ2) is 7.31. The number of nitrogens with zero attached hydrogens (tertiary/aromatic N) is 4. The first-order valence-electron chi connectivity index (χ1n) is 9.21. The number of carbonyl (C=O) groups excluding carboxylic acids is 1. The molecule has 144 valence electrons. The van der Waals surface area contributed by atoms with Crippen molar-refractivity contribution in [1.29, 1.82) is 5.26 Å². The molecular formula is C19H19N5O4. The molecule has 1 aromatic carbocycles. The minimum Gasteiger partial charge on any atom is -0.478 e. The molecule has 1 unspecified atom stereocenters. The van der Waals surface area contributed by atoms with E-state index in [1.165, 1.54) is 22.1 Å². The fourth-order valence-electron chi connectivity index (χ4n) is 4.00. The number of carbonyl (C=O) groups is 2. The van der Waals surface area contributed by atoms with Crippen molar-refractivity contribution < 1.29 is 19.4 Å². The Kier molecular flexibility index (Phi) is 4.69. The average molecular weight is 381 g/mol. The van der Waals surface area contributed by atoms with Crippen LogP contribution in [0.2, 0.25) is 0 Å². The molecule has 1 heterocycles. The lowest BCUT2D eigenvalue weighted by Gasteiger charge is -2.18. The Morgan fingerprint density at radius 3 is 2.50 bits per heavy atom.